The van der Waals surface area contributed by atoms with E-state index in [9.17, 15) is 0 Å². The van der Waals surface area contributed by atoms with E-state index in [4.69, 9.17) is 0 Å². The number of benzene rings is 1. The van der Waals surface area contributed by atoms with Crippen molar-refractivity contribution in [3.63, 3.8) is 0 Å². The third kappa shape index (κ3) is 1.59. The average molecular weight is 254 g/mol. The standard InChI is InChI=1S/C17H22N2/c1-11(2)9-17(12(3)4)15-8-6-5-7-13(15)14-10-18-19-16(14)17/h5-8,10-12H,9H2,1-4H3,(H,18,19). The second-order valence-corrected chi connectivity index (χ2v) is 6.43. The molecular weight excluding hydrogens is 232 g/mol. The summed E-state index contributed by atoms with van der Waals surface area (Å²) in [5.41, 5.74) is 5.54. The zero-order chi connectivity index (χ0) is 13.6. The third-order valence-electron chi connectivity index (χ3n) is 4.50. The summed E-state index contributed by atoms with van der Waals surface area (Å²) in [5.74, 6) is 1.21. The van der Waals surface area contributed by atoms with Crippen molar-refractivity contribution in [2.45, 2.75) is 39.5 Å². The fourth-order valence-corrected chi connectivity index (χ4v) is 3.76. The molecular formula is C17H22N2. The molecule has 1 aromatic carbocycles. The van der Waals surface area contributed by atoms with Crippen molar-refractivity contribution in [2.75, 3.05) is 0 Å². The highest BCUT2D eigenvalue weighted by Gasteiger charge is 2.47. The zero-order valence-corrected chi connectivity index (χ0v) is 12.2. The molecule has 2 nitrogen and oxygen atoms in total. The largest absolute Gasteiger partial charge is 0.281 e. The minimum atomic E-state index is 0.0938. The van der Waals surface area contributed by atoms with Crippen LogP contribution in [-0.4, -0.2) is 10.2 Å². The molecule has 0 spiro atoms. The van der Waals surface area contributed by atoms with Crippen LogP contribution in [0.15, 0.2) is 30.5 Å². The van der Waals surface area contributed by atoms with Crippen molar-refractivity contribution in [3.05, 3.63) is 41.7 Å². The molecule has 0 amide bonds. The highest BCUT2D eigenvalue weighted by molar-refractivity contribution is 5.79. The van der Waals surface area contributed by atoms with E-state index in [0.717, 1.165) is 6.42 Å². The average Bonchev–Trinajstić information content (AvgIpc) is 2.92. The SMILES string of the molecule is CC(C)CC1(C(C)C)c2ccccc2-c2cn[nH]c21. The van der Waals surface area contributed by atoms with E-state index in [-0.39, 0.29) is 5.41 Å². The fourth-order valence-electron chi connectivity index (χ4n) is 3.76. The Labute approximate surface area is 115 Å². The summed E-state index contributed by atoms with van der Waals surface area (Å²) in [6.07, 6.45) is 3.15. The van der Waals surface area contributed by atoms with Gasteiger partial charge in [0, 0.05) is 11.0 Å². The van der Waals surface area contributed by atoms with Crippen molar-refractivity contribution >= 4 is 0 Å². The van der Waals surface area contributed by atoms with Crippen LogP contribution in [0.3, 0.4) is 0 Å². The molecule has 1 heterocycles. The summed E-state index contributed by atoms with van der Waals surface area (Å²) >= 11 is 0. The molecule has 1 atom stereocenters. The lowest BCUT2D eigenvalue weighted by Crippen LogP contribution is -2.34. The smallest absolute Gasteiger partial charge is 0.0569 e. The lowest BCUT2D eigenvalue weighted by atomic mass is 9.67. The number of H-pyrrole nitrogens is 1. The van der Waals surface area contributed by atoms with Crippen LogP contribution < -0.4 is 0 Å². The van der Waals surface area contributed by atoms with E-state index >= 15 is 0 Å². The molecule has 100 valence electrons. The summed E-state index contributed by atoms with van der Waals surface area (Å²) in [5, 5.41) is 7.59. The highest BCUT2D eigenvalue weighted by atomic mass is 15.1. The summed E-state index contributed by atoms with van der Waals surface area (Å²) < 4.78 is 0. The molecule has 1 aliphatic carbocycles. The molecule has 0 fully saturated rings. The maximum atomic E-state index is 4.30. The first-order valence-electron chi connectivity index (χ1n) is 7.21. The van der Waals surface area contributed by atoms with E-state index in [2.05, 4.69) is 62.2 Å². The van der Waals surface area contributed by atoms with Gasteiger partial charge < -0.3 is 0 Å². The van der Waals surface area contributed by atoms with Crippen LogP contribution in [0, 0.1) is 11.8 Å². The Morgan fingerprint density at radius 1 is 1.11 bits per heavy atom. The van der Waals surface area contributed by atoms with E-state index in [1.165, 1.54) is 22.4 Å². The Morgan fingerprint density at radius 3 is 2.53 bits per heavy atom. The zero-order valence-electron chi connectivity index (χ0n) is 12.2. The molecule has 0 saturated heterocycles. The van der Waals surface area contributed by atoms with Gasteiger partial charge in [0.05, 0.1) is 11.9 Å². The summed E-state index contributed by atoms with van der Waals surface area (Å²) in [4.78, 5) is 0. The van der Waals surface area contributed by atoms with Crippen LogP contribution in [0.1, 0.15) is 45.4 Å². The lowest BCUT2D eigenvalue weighted by molar-refractivity contribution is 0.303. The number of nitrogens with zero attached hydrogens (tertiary/aromatic N) is 1. The van der Waals surface area contributed by atoms with Gasteiger partial charge in [-0.15, -0.1) is 0 Å². The van der Waals surface area contributed by atoms with Crippen LogP contribution in [0.2, 0.25) is 0 Å². The molecule has 1 N–H and O–H groups in total. The second-order valence-electron chi connectivity index (χ2n) is 6.43. The van der Waals surface area contributed by atoms with Crippen LogP contribution in [-0.2, 0) is 5.41 Å². The number of fused-ring (bicyclic) bond motifs is 3. The van der Waals surface area contributed by atoms with Crippen molar-refractivity contribution < 1.29 is 0 Å². The van der Waals surface area contributed by atoms with Crippen LogP contribution >= 0.6 is 0 Å². The number of hydrogen-bond donors (Lipinski definition) is 1. The molecule has 2 heteroatoms. The number of nitrogens with one attached hydrogen (secondary N) is 1. The van der Waals surface area contributed by atoms with Crippen LogP contribution in [0.5, 0.6) is 0 Å². The summed E-state index contributed by atoms with van der Waals surface area (Å²) in [6, 6.07) is 8.82. The molecule has 3 rings (SSSR count). The lowest BCUT2D eigenvalue weighted by Gasteiger charge is -2.36. The first kappa shape index (κ1) is 12.5. The van der Waals surface area contributed by atoms with Gasteiger partial charge >= 0.3 is 0 Å². The number of hydrogen-bond acceptors (Lipinski definition) is 1. The molecule has 1 aliphatic rings. The molecule has 0 saturated carbocycles. The van der Waals surface area contributed by atoms with Crippen molar-refractivity contribution in [2.24, 2.45) is 11.8 Å². The minimum Gasteiger partial charge on any atom is -0.281 e. The number of aromatic amines is 1. The topological polar surface area (TPSA) is 28.7 Å². The van der Waals surface area contributed by atoms with Crippen molar-refractivity contribution in [3.8, 4) is 11.1 Å². The molecule has 1 aromatic heterocycles. The quantitative estimate of drug-likeness (QED) is 0.865. The number of aromatic nitrogens is 2. The van der Waals surface area contributed by atoms with Gasteiger partial charge in [0.15, 0.2) is 0 Å². The van der Waals surface area contributed by atoms with E-state index in [1.807, 2.05) is 6.20 Å². The Hall–Kier alpha value is -1.57. The van der Waals surface area contributed by atoms with Crippen molar-refractivity contribution in [1.82, 2.24) is 10.2 Å². The monoisotopic (exact) mass is 254 g/mol. The van der Waals surface area contributed by atoms with Gasteiger partial charge in [-0.3, -0.25) is 5.10 Å². The maximum absolute atomic E-state index is 4.30. The third-order valence-corrected chi connectivity index (χ3v) is 4.50. The number of rotatable bonds is 3. The van der Waals surface area contributed by atoms with Crippen LogP contribution in [0.4, 0.5) is 0 Å². The second kappa shape index (κ2) is 4.22. The van der Waals surface area contributed by atoms with E-state index in [0.29, 0.717) is 11.8 Å². The van der Waals surface area contributed by atoms with Gasteiger partial charge in [0.2, 0.25) is 0 Å². The predicted octanol–water partition coefficient (Wildman–Crippen LogP) is 4.38. The molecule has 1 unspecified atom stereocenters. The van der Waals surface area contributed by atoms with Crippen molar-refractivity contribution in [1.29, 1.82) is 0 Å². The van der Waals surface area contributed by atoms with E-state index < -0.39 is 0 Å². The van der Waals surface area contributed by atoms with Gasteiger partial charge in [-0.1, -0.05) is 52.0 Å². The Kier molecular flexibility index (Phi) is 2.77. The molecule has 0 aliphatic heterocycles. The normalized spacial score (nSPS) is 20.9. The van der Waals surface area contributed by atoms with Gasteiger partial charge in [0.25, 0.3) is 0 Å². The molecule has 0 bridgehead atoms. The predicted molar refractivity (Wildman–Crippen MR) is 79.1 cm³/mol. The van der Waals surface area contributed by atoms with Gasteiger partial charge in [0.1, 0.15) is 0 Å². The minimum absolute atomic E-state index is 0.0938. The fraction of sp³-hybridized carbons (Fsp3) is 0.471. The first-order chi connectivity index (χ1) is 9.07. The molecule has 2 aromatic rings. The Bertz CT molecular complexity index is 595. The van der Waals surface area contributed by atoms with Crippen LogP contribution in [0.25, 0.3) is 11.1 Å². The summed E-state index contributed by atoms with van der Waals surface area (Å²) in [6.45, 7) is 9.27. The van der Waals surface area contributed by atoms with E-state index in [1.54, 1.807) is 0 Å². The Balaban J connectivity index is 2.30. The Morgan fingerprint density at radius 2 is 1.84 bits per heavy atom. The molecule has 0 radical (unpaired) electrons. The highest BCUT2D eigenvalue weighted by Crippen LogP contribution is 2.54. The van der Waals surface area contributed by atoms with Gasteiger partial charge in [-0.25, -0.2) is 0 Å². The van der Waals surface area contributed by atoms with Gasteiger partial charge in [-0.2, -0.15) is 5.10 Å². The van der Waals surface area contributed by atoms with Gasteiger partial charge in [-0.05, 0) is 29.4 Å². The molecule has 19 heavy (non-hydrogen) atoms. The first-order valence-corrected chi connectivity index (χ1v) is 7.21. The maximum Gasteiger partial charge on any atom is 0.0569 e. The summed E-state index contributed by atoms with van der Waals surface area (Å²) in [7, 11) is 0.